The number of benzene rings is 1. The lowest BCUT2D eigenvalue weighted by Gasteiger charge is -2.27. The van der Waals surface area contributed by atoms with Crippen LogP contribution in [0.5, 0.6) is 0 Å². The molecular weight excluding hydrogens is 348 g/mol. The molecule has 29 heavy (non-hydrogen) atoms. The highest BCUT2D eigenvalue weighted by atomic mass is 14.5. The van der Waals surface area contributed by atoms with Gasteiger partial charge < -0.3 is 0 Å². The summed E-state index contributed by atoms with van der Waals surface area (Å²) in [5, 5.41) is 0. The smallest absolute Gasteiger partial charge is 0.0307 e. The van der Waals surface area contributed by atoms with Gasteiger partial charge in [-0.25, -0.2) is 0 Å². The van der Waals surface area contributed by atoms with Gasteiger partial charge in [0.25, 0.3) is 0 Å². The van der Waals surface area contributed by atoms with Crippen molar-refractivity contribution in [2.75, 3.05) is 0 Å². The quantitative estimate of drug-likeness (QED) is 0.459. The van der Waals surface area contributed by atoms with Gasteiger partial charge in [0.1, 0.15) is 0 Å². The second-order valence-electron chi connectivity index (χ2n) is 7.10. The maximum Gasteiger partial charge on any atom is -0.0307 e. The lowest BCUT2D eigenvalue weighted by atomic mass is 9.78. The third kappa shape index (κ3) is 12.5. The Hall–Kier alpha value is -0.780. The van der Waals surface area contributed by atoms with Gasteiger partial charge in [0.2, 0.25) is 0 Å². The average Bonchev–Trinajstić information content (AvgIpc) is 3.15. The third-order valence-electron chi connectivity index (χ3n) is 5.95. The monoisotopic (exact) mass is 415 g/mol. The number of rotatable bonds is 4. The Labute approximate surface area is 191 Å². The maximum absolute atomic E-state index is 2.37. The lowest BCUT2D eigenvalue weighted by molar-refractivity contribution is 0.227. The van der Waals surface area contributed by atoms with Crippen LogP contribution in [0.15, 0.2) is 24.3 Å². The van der Waals surface area contributed by atoms with Gasteiger partial charge in [0.15, 0.2) is 0 Å². The summed E-state index contributed by atoms with van der Waals surface area (Å²) in [6.07, 6.45) is 9.89. The molecule has 0 spiro atoms. The van der Waals surface area contributed by atoms with Gasteiger partial charge in [-0.3, -0.25) is 0 Å². The van der Waals surface area contributed by atoms with Crippen LogP contribution >= 0.6 is 0 Å². The van der Waals surface area contributed by atoms with Crippen molar-refractivity contribution in [3.8, 4) is 0 Å². The fourth-order valence-electron chi connectivity index (χ4n) is 4.66. The van der Waals surface area contributed by atoms with Crippen LogP contribution < -0.4 is 0 Å². The van der Waals surface area contributed by atoms with Gasteiger partial charge in [-0.05, 0) is 66.9 Å². The lowest BCUT2D eigenvalue weighted by Crippen LogP contribution is -2.18. The SMILES string of the molecule is C.C.C.C.C.C.C.C.CCC1CC2CC(CC)C1C2.CCc1cccc(CC)c1. The second-order valence-corrected chi connectivity index (χ2v) is 7.10. The summed E-state index contributed by atoms with van der Waals surface area (Å²) in [7, 11) is 0. The molecular formula is C29H66. The standard InChI is InChI=1S/C11H20.C10H14.8CH4/c1-3-9-5-8-6-10(4-2)11(9)7-8;1-3-9-6-5-7-10(4-2)8-9;;;;;;;;/h8-11H,3-7H2,1-2H3;5-8H,3-4H2,1-2H3;8*1H4. The van der Waals surface area contributed by atoms with Crippen LogP contribution in [0.3, 0.4) is 0 Å². The zero-order chi connectivity index (χ0) is 15.2. The van der Waals surface area contributed by atoms with Crippen LogP contribution in [0.25, 0.3) is 0 Å². The first-order chi connectivity index (χ1) is 10.2. The Bertz CT molecular complexity index is 387. The van der Waals surface area contributed by atoms with Crippen LogP contribution in [-0.2, 0) is 12.8 Å². The van der Waals surface area contributed by atoms with E-state index >= 15 is 0 Å². The summed E-state index contributed by atoms with van der Waals surface area (Å²) < 4.78 is 0. The van der Waals surface area contributed by atoms with Gasteiger partial charge in [0.05, 0.1) is 0 Å². The van der Waals surface area contributed by atoms with Crippen molar-refractivity contribution in [2.45, 2.75) is 132 Å². The molecule has 1 aromatic carbocycles. The van der Waals surface area contributed by atoms with E-state index in [-0.39, 0.29) is 59.4 Å². The van der Waals surface area contributed by atoms with E-state index in [0.29, 0.717) is 0 Å². The molecule has 0 nitrogen and oxygen atoms in total. The molecule has 2 bridgehead atoms. The molecule has 0 saturated heterocycles. The molecule has 0 N–H and O–H groups in total. The number of fused-ring (bicyclic) bond motifs is 2. The highest BCUT2D eigenvalue weighted by molar-refractivity contribution is 5.23. The Morgan fingerprint density at radius 1 is 0.621 bits per heavy atom. The van der Waals surface area contributed by atoms with Crippen LogP contribution in [0, 0.1) is 23.7 Å². The minimum Gasteiger partial charge on any atom is -0.0776 e. The summed E-state index contributed by atoms with van der Waals surface area (Å²) in [6.45, 7) is 9.12. The number of aryl methyl sites for hydroxylation is 2. The summed E-state index contributed by atoms with van der Waals surface area (Å²) in [6, 6.07) is 8.77. The predicted molar refractivity (Wildman–Crippen MR) is 147 cm³/mol. The first-order valence-corrected chi connectivity index (χ1v) is 9.29. The Kier molecular flexibility index (Phi) is 37.6. The Morgan fingerprint density at radius 3 is 1.28 bits per heavy atom. The summed E-state index contributed by atoms with van der Waals surface area (Å²) in [5.74, 6) is 4.49. The normalized spacial score (nSPS) is 21.8. The van der Waals surface area contributed by atoms with Gasteiger partial charge in [-0.15, -0.1) is 0 Å². The largest absolute Gasteiger partial charge is 0.0776 e. The second kappa shape index (κ2) is 23.5. The van der Waals surface area contributed by atoms with Crippen molar-refractivity contribution in [3.05, 3.63) is 35.4 Å². The fourth-order valence-corrected chi connectivity index (χ4v) is 4.66. The van der Waals surface area contributed by atoms with E-state index in [2.05, 4.69) is 52.0 Å². The molecule has 0 radical (unpaired) electrons. The number of hydrogen-bond acceptors (Lipinski definition) is 0. The van der Waals surface area contributed by atoms with Crippen LogP contribution in [0.1, 0.15) is 130 Å². The van der Waals surface area contributed by atoms with Crippen molar-refractivity contribution in [3.63, 3.8) is 0 Å². The van der Waals surface area contributed by atoms with Crippen LogP contribution in [0.2, 0.25) is 0 Å². The van der Waals surface area contributed by atoms with E-state index < -0.39 is 0 Å². The van der Waals surface area contributed by atoms with E-state index in [1.54, 1.807) is 19.3 Å². The molecule has 0 amide bonds. The molecule has 2 atom stereocenters. The molecule has 0 heterocycles. The summed E-state index contributed by atoms with van der Waals surface area (Å²) >= 11 is 0. The zero-order valence-electron chi connectivity index (χ0n) is 14.6. The molecule has 0 aromatic heterocycles. The van der Waals surface area contributed by atoms with Crippen molar-refractivity contribution in [1.82, 2.24) is 0 Å². The molecule has 2 aliphatic rings. The van der Waals surface area contributed by atoms with Gasteiger partial charge in [-0.1, -0.05) is 124 Å². The van der Waals surface area contributed by atoms with Crippen molar-refractivity contribution in [2.24, 2.45) is 23.7 Å². The van der Waals surface area contributed by atoms with Crippen molar-refractivity contribution < 1.29 is 0 Å². The first-order valence-electron chi connectivity index (χ1n) is 9.29. The Morgan fingerprint density at radius 2 is 1.00 bits per heavy atom. The van der Waals surface area contributed by atoms with E-state index in [1.165, 1.54) is 24.0 Å². The minimum absolute atomic E-state index is 0. The zero-order valence-corrected chi connectivity index (χ0v) is 14.6. The molecule has 0 aliphatic heterocycles. The molecule has 1 aromatic rings. The number of hydrogen-bond donors (Lipinski definition) is 0. The molecule has 2 aliphatic carbocycles. The van der Waals surface area contributed by atoms with E-state index in [1.807, 2.05) is 0 Å². The molecule has 2 saturated carbocycles. The molecule has 2 fully saturated rings. The van der Waals surface area contributed by atoms with Gasteiger partial charge >= 0.3 is 0 Å². The highest BCUT2D eigenvalue weighted by Gasteiger charge is 2.43. The first kappa shape index (κ1) is 46.4. The molecule has 2 unspecified atom stereocenters. The Balaban J connectivity index is -0.0000000525. The van der Waals surface area contributed by atoms with Gasteiger partial charge in [0, 0.05) is 0 Å². The highest BCUT2D eigenvalue weighted by Crippen LogP contribution is 2.53. The predicted octanol–water partition coefficient (Wildman–Crippen LogP) is 11.4. The molecule has 0 heteroatoms. The minimum atomic E-state index is 0. The average molecular weight is 415 g/mol. The topological polar surface area (TPSA) is 0 Å². The molecule has 3 rings (SSSR count). The van der Waals surface area contributed by atoms with E-state index in [0.717, 1.165) is 36.5 Å². The van der Waals surface area contributed by atoms with Crippen molar-refractivity contribution in [1.29, 1.82) is 0 Å². The van der Waals surface area contributed by atoms with Crippen molar-refractivity contribution >= 4 is 0 Å². The third-order valence-corrected chi connectivity index (χ3v) is 5.95. The fraction of sp³-hybridized carbons (Fsp3) is 0.793. The maximum atomic E-state index is 2.37. The van der Waals surface area contributed by atoms with E-state index in [9.17, 15) is 0 Å². The summed E-state index contributed by atoms with van der Waals surface area (Å²) in [5.41, 5.74) is 2.89. The molecule has 182 valence electrons. The van der Waals surface area contributed by atoms with Crippen LogP contribution in [-0.4, -0.2) is 0 Å². The van der Waals surface area contributed by atoms with Gasteiger partial charge in [-0.2, -0.15) is 0 Å². The summed E-state index contributed by atoms with van der Waals surface area (Å²) in [4.78, 5) is 0. The van der Waals surface area contributed by atoms with E-state index in [4.69, 9.17) is 0 Å². The van der Waals surface area contributed by atoms with Crippen LogP contribution in [0.4, 0.5) is 0 Å².